The van der Waals surface area contributed by atoms with E-state index in [1.807, 2.05) is 0 Å². The zero-order valence-corrected chi connectivity index (χ0v) is 22.4. The second-order valence-corrected chi connectivity index (χ2v) is 12.5. The van der Waals surface area contributed by atoms with E-state index in [9.17, 15) is 18.0 Å². The molecular formula is C27H28N2O7S2. The quantitative estimate of drug-likeness (QED) is 0.334. The number of hydrogen-bond donors (Lipinski definition) is 1. The smallest absolute Gasteiger partial charge is 0.337 e. The van der Waals surface area contributed by atoms with Gasteiger partial charge in [0.05, 0.1) is 35.1 Å². The van der Waals surface area contributed by atoms with Gasteiger partial charge < -0.3 is 14.2 Å². The highest BCUT2D eigenvalue weighted by Crippen LogP contribution is 2.36. The maximum absolute atomic E-state index is 13.3. The second-order valence-electron chi connectivity index (χ2n) is 9.33. The molecule has 3 aromatic rings. The van der Waals surface area contributed by atoms with Gasteiger partial charge in [-0.25, -0.2) is 18.2 Å². The number of carbonyl (C=O) groups excluding carboxylic acids is 2. The van der Waals surface area contributed by atoms with Gasteiger partial charge in [0.2, 0.25) is 5.06 Å². The van der Waals surface area contributed by atoms with Crippen LogP contribution in [0.15, 0.2) is 59.6 Å². The number of rotatable bonds is 10. The van der Waals surface area contributed by atoms with Crippen molar-refractivity contribution in [3.63, 3.8) is 0 Å². The summed E-state index contributed by atoms with van der Waals surface area (Å²) in [5.74, 6) is -0.325. The average molecular weight is 557 g/mol. The minimum Gasteiger partial charge on any atom is -0.465 e. The molecule has 200 valence electrons. The van der Waals surface area contributed by atoms with Crippen molar-refractivity contribution in [3.8, 4) is 10.8 Å². The Labute approximate surface area is 225 Å². The predicted octanol–water partition coefficient (Wildman–Crippen LogP) is 5.30. The van der Waals surface area contributed by atoms with E-state index in [4.69, 9.17) is 14.2 Å². The van der Waals surface area contributed by atoms with E-state index < -0.39 is 27.8 Å². The van der Waals surface area contributed by atoms with Crippen LogP contribution in [0.25, 0.3) is 0 Å². The summed E-state index contributed by atoms with van der Waals surface area (Å²) >= 11 is 1.15. The van der Waals surface area contributed by atoms with Crippen LogP contribution in [-0.4, -0.2) is 43.7 Å². The molecule has 2 aliphatic carbocycles. The molecule has 1 amide bonds. The van der Waals surface area contributed by atoms with Crippen LogP contribution in [0.2, 0.25) is 0 Å². The third-order valence-electron chi connectivity index (χ3n) is 6.55. The summed E-state index contributed by atoms with van der Waals surface area (Å²) in [6.45, 7) is 0. The SMILES string of the molecule is COC(=O)c1ccc(Oc2cnc(NC(=O)C(OC3CCCC3)c3ccc(S(=O)(=O)C4CC4)cc3)s2)cc1. The lowest BCUT2D eigenvalue weighted by atomic mass is 10.1. The van der Waals surface area contributed by atoms with Crippen molar-refractivity contribution < 1.29 is 32.2 Å². The van der Waals surface area contributed by atoms with Gasteiger partial charge in [0.15, 0.2) is 21.1 Å². The van der Waals surface area contributed by atoms with Crippen molar-refractivity contribution in [2.75, 3.05) is 12.4 Å². The van der Waals surface area contributed by atoms with Crippen LogP contribution in [0.4, 0.5) is 5.13 Å². The Balaban J connectivity index is 1.28. The highest BCUT2D eigenvalue weighted by molar-refractivity contribution is 7.92. The average Bonchev–Trinajstić information content (AvgIpc) is 3.51. The Morgan fingerprint density at radius 1 is 1.00 bits per heavy atom. The number of thiazole rings is 1. The predicted molar refractivity (Wildman–Crippen MR) is 141 cm³/mol. The Bertz CT molecular complexity index is 1390. The Hall–Kier alpha value is -3.28. The minimum atomic E-state index is -3.32. The van der Waals surface area contributed by atoms with Crippen molar-refractivity contribution in [3.05, 3.63) is 65.9 Å². The van der Waals surface area contributed by atoms with Gasteiger partial charge in [-0.15, -0.1) is 0 Å². The van der Waals surface area contributed by atoms with E-state index >= 15 is 0 Å². The van der Waals surface area contributed by atoms with Crippen molar-refractivity contribution >= 4 is 38.2 Å². The zero-order valence-electron chi connectivity index (χ0n) is 20.8. The van der Waals surface area contributed by atoms with E-state index in [1.165, 1.54) is 13.3 Å². The Kier molecular flexibility index (Phi) is 7.78. The lowest BCUT2D eigenvalue weighted by molar-refractivity contribution is -0.131. The first-order chi connectivity index (χ1) is 18.3. The molecular weight excluding hydrogens is 528 g/mol. The van der Waals surface area contributed by atoms with E-state index in [0.717, 1.165) is 37.0 Å². The summed E-state index contributed by atoms with van der Waals surface area (Å²) in [4.78, 5) is 29.4. The fourth-order valence-electron chi connectivity index (χ4n) is 4.34. The maximum atomic E-state index is 13.3. The molecule has 2 aliphatic rings. The lowest BCUT2D eigenvalue weighted by Crippen LogP contribution is -2.26. The van der Waals surface area contributed by atoms with Gasteiger partial charge >= 0.3 is 5.97 Å². The van der Waals surface area contributed by atoms with Gasteiger partial charge in [-0.3, -0.25) is 10.1 Å². The summed E-state index contributed by atoms with van der Waals surface area (Å²) in [6.07, 6.45) is 5.79. The number of hydrogen-bond acceptors (Lipinski definition) is 9. The fraction of sp³-hybridized carbons (Fsp3) is 0.370. The first kappa shape index (κ1) is 26.3. The van der Waals surface area contributed by atoms with Crippen LogP contribution in [0.1, 0.15) is 60.6 Å². The number of sulfone groups is 1. The molecule has 2 fully saturated rings. The first-order valence-electron chi connectivity index (χ1n) is 12.5. The topological polar surface area (TPSA) is 121 Å². The fourth-order valence-corrected chi connectivity index (χ4v) is 6.69. The van der Waals surface area contributed by atoms with Gasteiger partial charge in [-0.05, 0) is 67.6 Å². The van der Waals surface area contributed by atoms with Gasteiger partial charge in [0, 0.05) is 0 Å². The highest BCUT2D eigenvalue weighted by atomic mass is 32.2. The Morgan fingerprint density at radius 3 is 2.32 bits per heavy atom. The molecule has 0 spiro atoms. The highest BCUT2D eigenvalue weighted by Gasteiger charge is 2.37. The van der Waals surface area contributed by atoms with Gasteiger partial charge in [0.1, 0.15) is 5.75 Å². The molecule has 11 heteroatoms. The molecule has 0 bridgehead atoms. The molecule has 0 saturated heterocycles. The molecule has 38 heavy (non-hydrogen) atoms. The molecule has 2 aromatic carbocycles. The monoisotopic (exact) mass is 556 g/mol. The standard InChI is InChI=1S/C27H28N2O7S2/c1-34-26(31)18-6-10-20(11-7-18)35-23-16-28-27(37-23)29-25(30)24(36-19-4-2-3-5-19)17-8-12-21(13-9-17)38(32,33)22-14-15-22/h6-13,16,19,22,24H,2-5,14-15H2,1H3,(H,28,29,30). The van der Waals surface area contributed by atoms with E-state index in [0.29, 0.717) is 39.9 Å². The van der Waals surface area contributed by atoms with Crippen molar-refractivity contribution in [2.24, 2.45) is 0 Å². The van der Waals surface area contributed by atoms with E-state index in [2.05, 4.69) is 10.3 Å². The number of nitrogens with one attached hydrogen (secondary N) is 1. The van der Waals surface area contributed by atoms with Crippen LogP contribution >= 0.6 is 11.3 Å². The molecule has 0 aliphatic heterocycles. The van der Waals surface area contributed by atoms with Crippen LogP contribution < -0.4 is 10.1 Å². The normalized spacial score (nSPS) is 16.7. The number of aromatic nitrogens is 1. The summed E-state index contributed by atoms with van der Waals surface area (Å²) in [5, 5.41) is 3.30. The molecule has 1 aromatic heterocycles. The summed E-state index contributed by atoms with van der Waals surface area (Å²) in [5.41, 5.74) is 0.992. The number of benzene rings is 2. The van der Waals surface area contributed by atoms with E-state index in [-0.39, 0.29) is 16.2 Å². The molecule has 5 rings (SSSR count). The van der Waals surface area contributed by atoms with Crippen molar-refractivity contribution in [1.29, 1.82) is 0 Å². The minimum absolute atomic E-state index is 0.0382. The lowest BCUT2D eigenvalue weighted by Gasteiger charge is -2.21. The molecule has 9 nitrogen and oxygen atoms in total. The molecule has 1 N–H and O–H groups in total. The van der Waals surface area contributed by atoms with E-state index in [1.54, 1.807) is 48.5 Å². The van der Waals surface area contributed by atoms with Gasteiger partial charge in [-0.1, -0.05) is 36.3 Å². The molecule has 0 radical (unpaired) electrons. The number of nitrogens with zero attached hydrogens (tertiary/aromatic N) is 1. The largest absolute Gasteiger partial charge is 0.465 e. The molecule has 1 unspecified atom stereocenters. The van der Waals surface area contributed by atoms with Crippen LogP contribution in [-0.2, 0) is 24.1 Å². The third kappa shape index (κ3) is 6.06. The number of amides is 1. The van der Waals surface area contributed by atoms with Gasteiger partial charge in [-0.2, -0.15) is 0 Å². The number of carbonyl (C=O) groups is 2. The molecule has 1 heterocycles. The summed E-state index contributed by atoms with van der Waals surface area (Å²) in [6, 6.07) is 12.9. The van der Waals surface area contributed by atoms with Crippen molar-refractivity contribution in [1.82, 2.24) is 4.98 Å². The summed E-state index contributed by atoms with van der Waals surface area (Å²) in [7, 11) is -2.00. The first-order valence-corrected chi connectivity index (χ1v) is 14.8. The maximum Gasteiger partial charge on any atom is 0.337 e. The Morgan fingerprint density at radius 2 is 1.68 bits per heavy atom. The zero-order chi connectivity index (χ0) is 26.7. The van der Waals surface area contributed by atoms with Gasteiger partial charge in [0.25, 0.3) is 5.91 Å². The molecule has 2 saturated carbocycles. The summed E-state index contributed by atoms with van der Waals surface area (Å²) < 4.78 is 41.8. The number of ether oxygens (including phenoxy) is 3. The second kappa shape index (κ2) is 11.2. The number of esters is 1. The number of anilines is 1. The van der Waals surface area contributed by atoms with Crippen molar-refractivity contribution in [2.45, 2.75) is 60.9 Å². The van der Waals surface area contributed by atoms with Crippen LogP contribution in [0, 0.1) is 0 Å². The van der Waals surface area contributed by atoms with Crippen LogP contribution in [0.3, 0.4) is 0 Å². The van der Waals surface area contributed by atoms with Crippen LogP contribution in [0.5, 0.6) is 10.8 Å². The molecule has 1 atom stereocenters. The third-order valence-corrected chi connectivity index (χ3v) is 9.62. The number of methoxy groups -OCH3 is 1.